The smallest absolute Gasteiger partial charge is 0.244 e. The van der Waals surface area contributed by atoms with Crippen molar-refractivity contribution in [1.29, 1.82) is 0 Å². The molecule has 0 fully saturated rings. The first-order chi connectivity index (χ1) is 12.6. The van der Waals surface area contributed by atoms with Crippen LogP contribution in [0, 0.1) is 19.3 Å². The Morgan fingerprint density at radius 1 is 1.27 bits per heavy atom. The maximum absolute atomic E-state index is 12.1. The molecule has 3 aromatic rings. The van der Waals surface area contributed by atoms with Crippen LogP contribution < -0.4 is 5.43 Å². The third kappa shape index (κ3) is 3.79. The van der Waals surface area contributed by atoms with Gasteiger partial charge in [0.25, 0.3) is 0 Å². The summed E-state index contributed by atoms with van der Waals surface area (Å²) < 4.78 is 2.06. The minimum atomic E-state index is -0.186. The van der Waals surface area contributed by atoms with Crippen LogP contribution in [-0.2, 0) is 17.8 Å². The van der Waals surface area contributed by atoms with Gasteiger partial charge in [-0.2, -0.15) is 5.10 Å². The zero-order valence-electron chi connectivity index (χ0n) is 14.4. The summed E-state index contributed by atoms with van der Waals surface area (Å²) in [5, 5.41) is 5.82. The van der Waals surface area contributed by atoms with E-state index in [1.807, 2.05) is 43.3 Å². The number of benzene rings is 2. The van der Waals surface area contributed by atoms with Crippen LogP contribution in [-0.4, -0.2) is 16.7 Å². The predicted molar refractivity (Wildman–Crippen MR) is 106 cm³/mol. The van der Waals surface area contributed by atoms with Crippen molar-refractivity contribution in [1.82, 2.24) is 9.99 Å². The average Bonchev–Trinajstić information content (AvgIpc) is 2.90. The molecule has 2 aromatic carbocycles. The Kier molecular flexibility index (Phi) is 5.40. The molecule has 0 radical (unpaired) electrons. The first-order valence-electron chi connectivity index (χ1n) is 8.18. The second-order valence-electron chi connectivity index (χ2n) is 5.90. The van der Waals surface area contributed by atoms with E-state index in [0.29, 0.717) is 11.6 Å². The van der Waals surface area contributed by atoms with E-state index in [1.165, 1.54) is 0 Å². The van der Waals surface area contributed by atoms with E-state index in [9.17, 15) is 4.79 Å². The van der Waals surface area contributed by atoms with Gasteiger partial charge in [-0.05, 0) is 30.7 Å². The number of para-hydroxylation sites is 1. The maximum atomic E-state index is 12.1. The lowest BCUT2D eigenvalue weighted by Crippen LogP contribution is -2.19. The lowest BCUT2D eigenvalue weighted by molar-refractivity contribution is -0.120. The molecule has 0 aliphatic rings. The third-order valence-electron chi connectivity index (χ3n) is 4.19. The standard InChI is InChI=1S/C21H18ClN3O/c1-3-12-25-15(2)19(18-6-4-5-7-20(18)25)14-23-24-21(26)13-16-8-10-17(22)11-9-16/h1,4-11,14H,12-13H2,2H3,(H,24,26)/b23-14-. The van der Waals surface area contributed by atoms with E-state index in [1.54, 1.807) is 18.3 Å². The van der Waals surface area contributed by atoms with Crippen LogP contribution in [0.5, 0.6) is 0 Å². The highest BCUT2D eigenvalue weighted by Gasteiger charge is 2.11. The molecule has 1 amide bonds. The number of fused-ring (bicyclic) bond motifs is 1. The molecule has 1 heterocycles. The fraction of sp³-hybridized carbons (Fsp3) is 0.143. The molecule has 0 unspecified atom stereocenters. The van der Waals surface area contributed by atoms with Crippen molar-refractivity contribution in [2.45, 2.75) is 19.9 Å². The first kappa shape index (κ1) is 17.8. The van der Waals surface area contributed by atoms with Crippen molar-refractivity contribution < 1.29 is 4.79 Å². The summed E-state index contributed by atoms with van der Waals surface area (Å²) in [4.78, 5) is 12.1. The molecule has 0 aliphatic carbocycles. The van der Waals surface area contributed by atoms with Crippen LogP contribution in [0.15, 0.2) is 53.6 Å². The first-order valence-corrected chi connectivity index (χ1v) is 8.55. The lowest BCUT2D eigenvalue weighted by Gasteiger charge is -2.03. The molecule has 3 rings (SSSR count). The van der Waals surface area contributed by atoms with Crippen molar-refractivity contribution in [3.8, 4) is 12.3 Å². The second-order valence-corrected chi connectivity index (χ2v) is 6.34. The molecule has 1 aromatic heterocycles. The van der Waals surface area contributed by atoms with Gasteiger partial charge in [-0.1, -0.05) is 47.9 Å². The molecule has 0 saturated heterocycles. The summed E-state index contributed by atoms with van der Waals surface area (Å²) in [6.07, 6.45) is 7.40. The number of hydrazone groups is 1. The number of aromatic nitrogens is 1. The van der Waals surface area contributed by atoms with Gasteiger partial charge in [0.1, 0.15) is 0 Å². The fourth-order valence-corrected chi connectivity index (χ4v) is 3.04. The normalized spacial score (nSPS) is 11.0. The van der Waals surface area contributed by atoms with Gasteiger partial charge >= 0.3 is 0 Å². The van der Waals surface area contributed by atoms with Gasteiger partial charge in [0.2, 0.25) is 5.91 Å². The molecule has 0 bridgehead atoms. The monoisotopic (exact) mass is 363 g/mol. The number of rotatable bonds is 5. The molecule has 1 N–H and O–H groups in total. The molecular weight excluding hydrogens is 346 g/mol. The number of carbonyl (C=O) groups excluding carboxylic acids is 1. The molecule has 26 heavy (non-hydrogen) atoms. The largest absolute Gasteiger partial charge is 0.333 e. The van der Waals surface area contributed by atoms with E-state index in [4.69, 9.17) is 18.0 Å². The summed E-state index contributed by atoms with van der Waals surface area (Å²) in [6.45, 7) is 2.48. The van der Waals surface area contributed by atoms with Crippen LogP contribution in [0.25, 0.3) is 10.9 Å². The number of nitrogens with zero attached hydrogens (tertiary/aromatic N) is 2. The molecule has 130 valence electrons. The second kappa shape index (κ2) is 7.90. The number of halogens is 1. The van der Waals surface area contributed by atoms with E-state index in [2.05, 4.69) is 21.0 Å². The number of amides is 1. The molecule has 5 heteroatoms. The number of terminal acetylenes is 1. The molecule has 0 atom stereocenters. The number of carbonyl (C=O) groups is 1. The Hall–Kier alpha value is -3.03. The zero-order chi connectivity index (χ0) is 18.5. The number of nitrogens with one attached hydrogen (secondary N) is 1. The molecule has 0 aliphatic heterocycles. The lowest BCUT2D eigenvalue weighted by atomic mass is 10.1. The van der Waals surface area contributed by atoms with Crippen LogP contribution in [0.3, 0.4) is 0 Å². The maximum Gasteiger partial charge on any atom is 0.244 e. The van der Waals surface area contributed by atoms with Crippen molar-refractivity contribution in [3.63, 3.8) is 0 Å². The Balaban J connectivity index is 1.76. The summed E-state index contributed by atoms with van der Waals surface area (Å²) in [5.41, 5.74) is 6.47. The van der Waals surface area contributed by atoms with Crippen molar-refractivity contribution >= 4 is 34.6 Å². The number of hydrogen-bond donors (Lipinski definition) is 1. The van der Waals surface area contributed by atoms with E-state index in [0.717, 1.165) is 27.7 Å². The Labute approximate surface area is 157 Å². The van der Waals surface area contributed by atoms with Crippen LogP contribution in [0.2, 0.25) is 5.02 Å². The molecular formula is C21H18ClN3O. The minimum absolute atomic E-state index is 0.186. The molecule has 0 saturated carbocycles. The summed E-state index contributed by atoms with van der Waals surface area (Å²) in [6, 6.07) is 15.2. The molecule has 0 spiro atoms. The average molecular weight is 364 g/mol. The Morgan fingerprint density at radius 2 is 2.00 bits per heavy atom. The van der Waals surface area contributed by atoms with Gasteiger partial charge in [-0.15, -0.1) is 6.42 Å². The highest BCUT2D eigenvalue weighted by atomic mass is 35.5. The highest BCUT2D eigenvalue weighted by molar-refractivity contribution is 6.30. The van der Waals surface area contributed by atoms with E-state index < -0.39 is 0 Å². The van der Waals surface area contributed by atoms with E-state index >= 15 is 0 Å². The van der Waals surface area contributed by atoms with Gasteiger partial charge in [-0.25, -0.2) is 5.43 Å². The summed E-state index contributed by atoms with van der Waals surface area (Å²) in [5.74, 6) is 2.49. The Bertz CT molecular complexity index is 1010. The predicted octanol–water partition coefficient (Wildman–Crippen LogP) is 3.93. The van der Waals surface area contributed by atoms with Crippen molar-refractivity contribution in [3.05, 3.63) is 70.4 Å². The quantitative estimate of drug-likeness (QED) is 0.416. The minimum Gasteiger partial charge on any atom is -0.333 e. The van der Waals surface area contributed by atoms with Gasteiger partial charge in [0.05, 0.1) is 19.2 Å². The van der Waals surface area contributed by atoms with E-state index in [-0.39, 0.29) is 12.3 Å². The van der Waals surface area contributed by atoms with Gasteiger partial charge < -0.3 is 4.57 Å². The van der Waals surface area contributed by atoms with Crippen LogP contribution in [0.4, 0.5) is 0 Å². The Morgan fingerprint density at radius 3 is 2.73 bits per heavy atom. The SMILES string of the molecule is C#CCn1c(C)c(/C=N\NC(=O)Cc2ccc(Cl)cc2)c2ccccc21. The highest BCUT2D eigenvalue weighted by Crippen LogP contribution is 2.24. The van der Waals surface area contributed by atoms with Crippen molar-refractivity contribution in [2.24, 2.45) is 5.10 Å². The fourth-order valence-electron chi connectivity index (χ4n) is 2.91. The molecule has 4 nitrogen and oxygen atoms in total. The third-order valence-corrected chi connectivity index (χ3v) is 4.44. The van der Waals surface area contributed by atoms with Crippen LogP contribution >= 0.6 is 11.6 Å². The van der Waals surface area contributed by atoms with Crippen molar-refractivity contribution in [2.75, 3.05) is 0 Å². The number of hydrogen-bond acceptors (Lipinski definition) is 2. The zero-order valence-corrected chi connectivity index (χ0v) is 15.1. The summed E-state index contributed by atoms with van der Waals surface area (Å²) in [7, 11) is 0. The topological polar surface area (TPSA) is 46.4 Å². The van der Waals surface area contributed by atoms with Crippen LogP contribution in [0.1, 0.15) is 16.8 Å². The van der Waals surface area contributed by atoms with Gasteiger partial charge in [0.15, 0.2) is 0 Å². The van der Waals surface area contributed by atoms with Gasteiger partial charge in [-0.3, -0.25) is 4.79 Å². The summed E-state index contributed by atoms with van der Waals surface area (Å²) >= 11 is 5.85. The van der Waals surface area contributed by atoms with Gasteiger partial charge in [0, 0.05) is 27.2 Å².